The van der Waals surface area contributed by atoms with E-state index in [9.17, 15) is 14.4 Å². The van der Waals surface area contributed by atoms with Gasteiger partial charge in [0.15, 0.2) is 0 Å². The molecule has 0 saturated carbocycles. The van der Waals surface area contributed by atoms with Crippen molar-refractivity contribution in [1.29, 1.82) is 0 Å². The van der Waals surface area contributed by atoms with E-state index in [1.54, 1.807) is 6.92 Å². The van der Waals surface area contributed by atoms with E-state index in [0.717, 1.165) is 19.3 Å². The Hall–Kier alpha value is -1.43. The SMILES string of the molecule is CCCC(C)(CC)OCCC(C)(CC)C(=O)ON1C(=O)CCC1=O. The van der Waals surface area contributed by atoms with E-state index >= 15 is 0 Å². The Kier molecular flexibility index (Phi) is 7.39. The molecule has 0 aromatic carbocycles. The summed E-state index contributed by atoms with van der Waals surface area (Å²) in [5.74, 6) is -1.46. The van der Waals surface area contributed by atoms with E-state index in [2.05, 4.69) is 20.8 Å². The van der Waals surface area contributed by atoms with E-state index < -0.39 is 23.2 Å². The third-order valence-electron chi connectivity index (χ3n) is 5.08. The first-order valence-corrected chi connectivity index (χ1v) is 8.93. The molecule has 1 aliphatic rings. The van der Waals surface area contributed by atoms with Gasteiger partial charge in [-0.25, -0.2) is 4.79 Å². The molecule has 138 valence electrons. The van der Waals surface area contributed by atoms with Crippen LogP contribution in [0.15, 0.2) is 0 Å². The summed E-state index contributed by atoms with van der Waals surface area (Å²) in [4.78, 5) is 40.7. The number of hydrogen-bond donors (Lipinski definition) is 0. The van der Waals surface area contributed by atoms with Gasteiger partial charge in [-0.15, -0.1) is 5.06 Å². The van der Waals surface area contributed by atoms with Crippen molar-refractivity contribution in [2.75, 3.05) is 6.61 Å². The Balaban J connectivity index is 2.63. The van der Waals surface area contributed by atoms with Crippen molar-refractivity contribution in [3.8, 4) is 0 Å². The van der Waals surface area contributed by atoms with Crippen molar-refractivity contribution in [1.82, 2.24) is 5.06 Å². The third kappa shape index (κ3) is 5.03. The van der Waals surface area contributed by atoms with E-state index in [-0.39, 0.29) is 18.4 Å². The summed E-state index contributed by atoms with van der Waals surface area (Å²) in [6.45, 7) is 10.4. The summed E-state index contributed by atoms with van der Waals surface area (Å²) in [5.41, 5.74) is -0.974. The number of hydroxylamine groups is 2. The van der Waals surface area contributed by atoms with Gasteiger partial charge in [0.25, 0.3) is 11.8 Å². The van der Waals surface area contributed by atoms with Crippen molar-refractivity contribution in [3.63, 3.8) is 0 Å². The molecular formula is C18H31NO5. The molecule has 1 rings (SSSR count). The van der Waals surface area contributed by atoms with Crippen LogP contribution in [0.2, 0.25) is 0 Å². The summed E-state index contributed by atoms with van der Waals surface area (Å²) >= 11 is 0. The summed E-state index contributed by atoms with van der Waals surface area (Å²) in [6.07, 6.45) is 4.14. The summed E-state index contributed by atoms with van der Waals surface area (Å²) in [6, 6.07) is 0. The van der Waals surface area contributed by atoms with Crippen LogP contribution in [-0.4, -0.2) is 35.1 Å². The van der Waals surface area contributed by atoms with E-state index in [0.29, 0.717) is 24.5 Å². The Morgan fingerprint density at radius 1 is 1.04 bits per heavy atom. The standard InChI is InChI=1S/C18H31NO5/c1-6-11-18(5,8-3)23-13-12-17(4,7-2)16(22)24-19-14(20)9-10-15(19)21/h6-13H2,1-5H3. The fraction of sp³-hybridized carbons (Fsp3) is 0.833. The molecule has 6 nitrogen and oxygen atoms in total. The molecule has 0 N–H and O–H groups in total. The zero-order chi connectivity index (χ0) is 18.4. The lowest BCUT2D eigenvalue weighted by Crippen LogP contribution is -2.40. The average molecular weight is 341 g/mol. The van der Waals surface area contributed by atoms with Gasteiger partial charge in [0.05, 0.1) is 11.0 Å². The maximum atomic E-state index is 12.5. The molecule has 0 spiro atoms. The number of imide groups is 1. The molecule has 2 unspecified atom stereocenters. The monoisotopic (exact) mass is 341 g/mol. The zero-order valence-corrected chi connectivity index (χ0v) is 15.6. The quantitative estimate of drug-likeness (QED) is 0.570. The van der Waals surface area contributed by atoms with Crippen LogP contribution in [-0.2, 0) is 24.0 Å². The van der Waals surface area contributed by atoms with Crippen LogP contribution < -0.4 is 0 Å². The largest absolute Gasteiger partial charge is 0.375 e. The van der Waals surface area contributed by atoms with E-state index in [1.165, 1.54) is 0 Å². The van der Waals surface area contributed by atoms with Crippen LogP contribution in [0.5, 0.6) is 0 Å². The van der Waals surface area contributed by atoms with Crippen molar-refractivity contribution in [2.24, 2.45) is 5.41 Å². The van der Waals surface area contributed by atoms with Gasteiger partial charge in [-0.1, -0.05) is 27.2 Å². The highest BCUT2D eigenvalue weighted by atomic mass is 16.7. The number of amides is 2. The molecule has 0 aromatic heterocycles. The van der Waals surface area contributed by atoms with Gasteiger partial charge in [0, 0.05) is 19.4 Å². The lowest BCUT2D eigenvalue weighted by Gasteiger charge is -2.32. The first-order chi connectivity index (χ1) is 11.2. The molecule has 0 aliphatic carbocycles. The molecule has 24 heavy (non-hydrogen) atoms. The predicted octanol–water partition coefficient (Wildman–Crippen LogP) is 3.39. The molecule has 1 saturated heterocycles. The molecule has 1 heterocycles. The topological polar surface area (TPSA) is 72.9 Å². The van der Waals surface area contributed by atoms with Crippen LogP contribution in [0.25, 0.3) is 0 Å². The van der Waals surface area contributed by atoms with Crippen LogP contribution in [0.1, 0.15) is 79.6 Å². The molecule has 1 aliphatic heterocycles. The Bertz CT molecular complexity index is 462. The van der Waals surface area contributed by atoms with Crippen LogP contribution in [0, 0.1) is 5.41 Å². The highest BCUT2D eigenvalue weighted by molar-refractivity contribution is 6.01. The summed E-state index contributed by atoms with van der Waals surface area (Å²) < 4.78 is 6.02. The second kappa shape index (κ2) is 8.60. The highest BCUT2D eigenvalue weighted by Crippen LogP contribution is 2.31. The number of nitrogens with zero attached hydrogens (tertiary/aromatic N) is 1. The number of carbonyl (C=O) groups excluding carboxylic acids is 3. The molecule has 2 amide bonds. The number of hydrogen-bond acceptors (Lipinski definition) is 5. The van der Waals surface area contributed by atoms with Gasteiger partial charge >= 0.3 is 5.97 Å². The lowest BCUT2D eigenvalue weighted by molar-refractivity contribution is -0.206. The minimum atomic E-state index is -0.788. The normalized spacial score (nSPS) is 20.0. The smallest absolute Gasteiger partial charge is 0.339 e. The molecule has 1 fully saturated rings. The Labute approximate surface area is 144 Å². The minimum Gasteiger partial charge on any atom is -0.375 e. The lowest BCUT2D eigenvalue weighted by atomic mass is 9.84. The van der Waals surface area contributed by atoms with Gasteiger partial charge in [0.2, 0.25) is 0 Å². The second-order valence-electron chi connectivity index (χ2n) is 7.03. The Morgan fingerprint density at radius 2 is 1.62 bits per heavy atom. The maximum Gasteiger partial charge on any atom is 0.339 e. The zero-order valence-electron chi connectivity index (χ0n) is 15.6. The maximum absolute atomic E-state index is 12.5. The van der Waals surface area contributed by atoms with Crippen LogP contribution in [0.3, 0.4) is 0 Å². The number of rotatable bonds is 10. The summed E-state index contributed by atoms with van der Waals surface area (Å²) in [7, 11) is 0. The fourth-order valence-corrected chi connectivity index (χ4v) is 2.68. The summed E-state index contributed by atoms with van der Waals surface area (Å²) in [5, 5.41) is 0.615. The first-order valence-electron chi connectivity index (χ1n) is 8.93. The third-order valence-corrected chi connectivity index (χ3v) is 5.08. The van der Waals surface area contributed by atoms with Crippen molar-refractivity contribution in [2.45, 2.75) is 85.2 Å². The molecule has 0 aromatic rings. The number of ether oxygens (including phenoxy) is 1. The molecule has 6 heteroatoms. The molecular weight excluding hydrogens is 310 g/mol. The highest BCUT2D eigenvalue weighted by Gasteiger charge is 2.40. The van der Waals surface area contributed by atoms with Gasteiger partial charge < -0.3 is 9.57 Å². The van der Waals surface area contributed by atoms with Crippen molar-refractivity contribution < 1.29 is 24.0 Å². The molecule has 0 bridgehead atoms. The van der Waals surface area contributed by atoms with Crippen LogP contribution in [0.4, 0.5) is 0 Å². The van der Waals surface area contributed by atoms with Crippen molar-refractivity contribution in [3.05, 3.63) is 0 Å². The molecule has 0 radical (unpaired) electrons. The van der Waals surface area contributed by atoms with Crippen molar-refractivity contribution >= 4 is 17.8 Å². The molecule has 2 atom stereocenters. The minimum absolute atomic E-state index is 0.101. The first kappa shape index (κ1) is 20.6. The second-order valence-corrected chi connectivity index (χ2v) is 7.03. The predicted molar refractivity (Wildman–Crippen MR) is 89.8 cm³/mol. The van der Waals surface area contributed by atoms with Gasteiger partial charge in [-0.05, 0) is 39.5 Å². The number of carbonyl (C=O) groups is 3. The van der Waals surface area contributed by atoms with E-state index in [4.69, 9.17) is 9.57 Å². The van der Waals surface area contributed by atoms with Gasteiger partial charge in [-0.3, -0.25) is 9.59 Å². The van der Waals surface area contributed by atoms with E-state index in [1.807, 2.05) is 6.92 Å². The van der Waals surface area contributed by atoms with Gasteiger partial charge in [0.1, 0.15) is 0 Å². The van der Waals surface area contributed by atoms with Crippen LogP contribution >= 0.6 is 0 Å². The average Bonchev–Trinajstić information content (AvgIpc) is 2.86. The fourth-order valence-electron chi connectivity index (χ4n) is 2.68. The Morgan fingerprint density at radius 3 is 2.08 bits per heavy atom. The van der Waals surface area contributed by atoms with Gasteiger partial charge in [-0.2, -0.15) is 0 Å².